The lowest BCUT2D eigenvalue weighted by atomic mass is 10.2. The van der Waals surface area contributed by atoms with E-state index in [1.165, 1.54) is 19.1 Å². The van der Waals surface area contributed by atoms with Gasteiger partial charge in [0.05, 0.1) is 11.7 Å². The van der Waals surface area contributed by atoms with Crippen molar-refractivity contribution in [3.05, 3.63) is 47.5 Å². The first-order chi connectivity index (χ1) is 8.49. The quantitative estimate of drug-likeness (QED) is 0.908. The highest BCUT2D eigenvalue weighted by atomic mass is 19.1. The molecule has 0 saturated heterocycles. The van der Waals surface area contributed by atoms with E-state index in [2.05, 4.69) is 10.3 Å². The van der Waals surface area contributed by atoms with Crippen molar-refractivity contribution in [3.63, 3.8) is 0 Å². The first-order valence-corrected chi connectivity index (χ1v) is 5.68. The van der Waals surface area contributed by atoms with Crippen LogP contribution in [0.3, 0.4) is 0 Å². The summed E-state index contributed by atoms with van der Waals surface area (Å²) >= 11 is 0. The standard InChI is InChI=1S/C13H15F2N3/c1-8-6-11(15)12(7-10(8)14)17-9(2)13-16-4-5-18(13)3/h4-7,9,17H,1-3H3. The lowest BCUT2D eigenvalue weighted by Crippen LogP contribution is -2.13. The summed E-state index contributed by atoms with van der Waals surface area (Å²) in [7, 11) is 1.85. The van der Waals surface area contributed by atoms with Gasteiger partial charge in [0.25, 0.3) is 0 Å². The van der Waals surface area contributed by atoms with Crippen LogP contribution in [0.1, 0.15) is 24.4 Å². The number of hydrogen-bond acceptors (Lipinski definition) is 2. The van der Waals surface area contributed by atoms with Crippen molar-refractivity contribution in [1.82, 2.24) is 9.55 Å². The van der Waals surface area contributed by atoms with Gasteiger partial charge in [-0.15, -0.1) is 0 Å². The van der Waals surface area contributed by atoms with Gasteiger partial charge in [0.15, 0.2) is 0 Å². The molecule has 96 valence electrons. The molecule has 1 atom stereocenters. The van der Waals surface area contributed by atoms with Gasteiger partial charge in [0.2, 0.25) is 0 Å². The third-order valence-electron chi connectivity index (χ3n) is 2.87. The number of hydrogen-bond donors (Lipinski definition) is 1. The fraction of sp³-hybridized carbons (Fsp3) is 0.308. The summed E-state index contributed by atoms with van der Waals surface area (Å²) in [5.41, 5.74) is 0.441. The van der Waals surface area contributed by atoms with E-state index >= 15 is 0 Å². The number of anilines is 1. The average Bonchev–Trinajstić information content (AvgIpc) is 2.72. The molecule has 0 spiro atoms. The molecule has 0 radical (unpaired) electrons. The van der Waals surface area contributed by atoms with E-state index in [9.17, 15) is 8.78 Å². The van der Waals surface area contributed by atoms with Gasteiger partial charge in [-0.2, -0.15) is 0 Å². The number of nitrogens with zero attached hydrogens (tertiary/aromatic N) is 2. The van der Waals surface area contributed by atoms with Crippen LogP contribution in [0.4, 0.5) is 14.5 Å². The van der Waals surface area contributed by atoms with Crippen LogP contribution in [-0.4, -0.2) is 9.55 Å². The molecule has 0 aliphatic rings. The summed E-state index contributed by atoms with van der Waals surface area (Å²) < 4.78 is 28.9. The molecule has 1 heterocycles. The molecule has 0 fully saturated rings. The molecule has 2 aromatic rings. The van der Waals surface area contributed by atoms with Crippen molar-refractivity contribution in [3.8, 4) is 0 Å². The molecule has 0 amide bonds. The molecule has 0 bridgehead atoms. The van der Waals surface area contributed by atoms with Crippen LogP contribution in [0.15, 0.2) is 24.5 Å². The van der Waals surface area contributed by atoms with Gasteiger partial charge in [0, 0.05) is 25.5 Å². The van der Waals surface area contributed by atoms with Crippen LogP contribution >= 0.6 is 0 Å². The minimum atomic E-state index is -0.463. The van der Waals surface area contributed by atoms with Crippen LogP contribution < -0.4 is 5.32 Å². The summed E-state index contributed by atoms with van der Waals surface area (Å²) in [6, 6.07) is 2.15. The third kappa shape index (κ3) is 2.34. The van der Waals surface area contributed by atoms with Gasteiger partial charge in [-0.05, 0) is 25.5 Å². The predicted molar refractivity (Wildman–Crippen MR) is 66.3 cm³/mol. The summed E-state index contributed by atoms with van der Waals surface area (Å²) in [4.78, 5) is 4.17. The molecule has 1 unspecified atom stereocenters. The number of aryl methyl sites for hydroxylation is 2. The zero-order valence-electron chi connectivity index (χ0n) is 10.5. The van der Waals surface area contributed by atoms with E-state index in [1.54, 1.807) is 12.4 Å². The molecule has 0 aliphatic heterocycles. The Hall–Kier alpha value is -1.91. The van der Waals surface area contributed by atoms with Crippen LogP contribution in [0, 0.1) is 18.6 Å². The van der Waals surface area contributed by atoms with Crippen molar-refractivity contribution in [2.24, 2.45) is 7.05 Å². The minimum absolute atomic E-state index is 0.147. The van der Waals surface area contributed by atoms with Gasteiger partial charge in [0.1, 0.15) is 17.5 Å². The maximum absolute atomic E-state index is 13.7. The maximum atomic E-state index is 13.7. The monoisotopic (exact) mass is 251 g/mol. The van der Waals surface area contributed by atoms with Gasteiger partial charge in [-0.3, -0.25) is 0 Å². The first-order valence-electron chi connectivity index (χ1n) is 5.68. The highest BCUT2D eigenvalue weighted by Crippen LogP contribution is 2.23. The van der Waals surface area contributed by atoms with Crippen molar-refractivity contribution in [2.45, 2.75) is 19.9 Å². The number of aromatic nitrogens is 2. The second-order valence-electron chi connectivity index (χ2n) is 4.34. The van der Waals surface area contributed by atoms with Gasteiger partial charge >= 0.3 is 0 Å². The van der Waals surface area contributed by atoms with Crippen molar-refractivity contribution in [2.75, 3.05) is 5.32 Å². The van der Waals surface area contributed by atoms with E-state index in [1.807, 2.05) is 18.5 Å². The van der Waals surface area contributed by atoms with Gasteiger partial charge in [-0.1, -0.05) is 0 Å². The summed E-state index contributed by atoms with van der Waals surface area (Å²) in [5.74, 6) is -0.128. The zero-order valence-corrected chi connectivity index (χ0v) is 10.5. The molecule has 18 heavy (non-hydrogen) atoms. The number of imidazole rings is 1. The Bertz CT molecular complexity index is 563. The first kappa shape index (κ1) is 12.5. The number of benzene rings is 1. The molecule has 5 heteroatoms. The van der Waals surface area contributed by atoms with Crippen LogP contribution in [0.5, 0.6) is 0 Å². The predicted octanol–water partition coefficient (Wildman–Crippen LogP) is 3.18. The Labute approximate surface area is 104 Å². The van der Waals surface area contributed by atoms with E-state index in [0.29, 0.717) is 5.56 Å². The topological polar surface area (TPSA) is 29.9 Å². The molecular formula is C13H15F2N3. The Balaban J connectivity index is 2.24. The molecule has 0 saturated carbocycles. The summed E-state index contributed by atoms with van der Waals surface area (Å²) in [6.45, 7) is 3.38. The fourth-order valence-corrected chi connectivity index (χ4v) is 1.85. The SMILES string of the molecule is Cc1cc(F)c(NC(C)c2nccn2C)cc1F. The van der Waals surface area contributed by atoms with E-state index in [-0.39, 0.29) is 11.7 Å². The summed E-state index contributed by atoms with van der Waals surface area (Å²) in [5, 5.41) is 2.92. The van der Waals surface area contributed by atoms with Crippen LogP contribution in [-0.2, 0) is 7.05 Å². The number of rotatable bonds is 3. The normalized spacial score (nSPS) is 12.5. The number of nitrogens with one attached hydrogen (secondary N) is 1. The highest BCUT2D eigenvalue weighted by Gasteiger charge is 2.13. The van der Waals surface area contributed by atoms with E-state index < -0.39 is 11.6 Å². The van der Waals surface area contributed by atoms with Crippen molar-refractivity contribution >= 4 is 5.69 Å². The average molecular weight is 251 g/mol. The second-order valence-corrected chi connectivity index (χ2v) is 4.34. The molecule has 1 aromatic carbocycles. The van der Waals surface area contributed by atoms with Crippen molar-refractivity contribution in [1.29, 1.82) is 0 Å². The third-order valence-corrected chi connectivity index (χ3v) is 2.87. The Morgan fingerprint density at radius 3 is 2.61 bits per heavy atom. The lowest BCUT2D eigenvalue weighted by molar-refractivity contribution is 0.591. The molecular weight excluding hydrogens is 236 g/mol. The number of halogens is 2. The van der Waals surface area contributed by atoms with Gasteiger partial charge in [-0.25, -0.2) is 13.8 Å². The second kappa shape index (κ2) is 4.76. The Kier molecular flexibility index (Phi) is 3.32. The molecule has 1 aromatic heterocycles. The Morgan fingerprint density at radius 1 is 1.28 bits per heavy atom. The maximum Gasteiger partial charge on any atom is 0.146 e. The molecule has 1 N–H and O–H groups in total. The van der Waals surface area contributed by atoms with Crippen LogP contribution in [0.25, 0.3) is 0 Å². The van der Waals surface area contributed by atoms with Crippen molar-refractivity contribution < 1.29 is 8.78 Å². The zero-order chi connectivity index (χ0) is 13.3. The van der Waals surface area contributed by atoms with Gasteiger partial charge < -0.3 is 9.88 Å². The van der Waals surface area contributed by atoms with E-state index in [0.717, 1.165) is 5.82 Å². The molecule has 0 aliphatic carbocycles. The summed E-state index contributed by atoms with van der Waals surface area (Å²) in [6.07, 6.45) is 3.47. The molecule has 2 rings (SSSR count). The largest absolute Gasteiger partial charge is 0.373 e. The lowest BCUT2D eigenvalue weighted by Gasteiger charge is -2.16. The van der Waals surface area contributed by atoms with E-state index in [4.69, 9.17) is 0 Å². The van der Waals surface area contributed by atoms with Crippen LogP contribution in [0.2, 0.25) is 0 Å². The smallest absolute Gasteiger partial charge is 0.146 e. The highest BCUT2D eigenvalue weighted by molar-refractivity contribution is 5.48. The fourth-order valence-electron chi connectivity index (χ4n) is 1.85. The minimum Gasteiger partial charge on any atom is -0.373 e. The Morgan fingerprint density at radius 2 is 2.00 bits per heavy atom. The molecule has 3 nitrogen and oxygen atoms in total.